The first kappa shape index (κ1) is 27.1. The van der Waals surface area contributed by atoms with Crippen molar-refractivity contribution in [3.8, 4) is 0 Å². The molecule has 4 aliphatic carbocycles. The number of carbonyl (C=O) groups excluding carboxylic acids is 1. The molecule has 1 amide bonds. The SMILES string of the molecule is CC[C@H]1CC2C3CCC(CCCC(=O)NSc4ccc(C(=O)O)cc4)C3(C)CCC2C2(C)CCCCC12. The monoisotopic (exact) mass is 525 g/mol. The van der Waals surface area contributed by atoms with Crippen molar-refractivity contribution in [1.82, 2.24) is 4.72 Å². The Morgan fingerprint density at radius 1 is 0.973 bits per heavy atom. The van der Waals surface area contributed by atoms with Gasteiger partial charge in [-0.05, 0) is 140 Å². The number of aromatic carboxylic acids is 1. The molecule has 0 aromatic heterocycles. The van der Waals surface area contributed by atoms with Crippen molar-refractivity contribution in [3.63, 3.8) is 0 Å². The maximum atomic E-state index is 12.5. The molecule has 8 atom stereocenters. The fourth-order valence-electron chi connectivity index (χ4n) is 9.94. The summed E-state index contributed by atoms with van der Waals surface area (Å²) in [4.78, 5) is 24.4. The van der Waals surface area contributed by atoms with Gasteiger partial charge in [0.1, 0.15) is 0 Å². The first-order valence-corrected chi connectivity index (χ1v) is 15.9. The Hall–Kier alpha value is -1.49. The van der Waals surface area contributed by atoms with Gasteiger partial charge in [-0.2, -0.15) is 0 Å². The van der Waals surface area contributed by atoms with E-state index in [2.05, 4.69) is 25.5 Å². The molecule has 0 radical (unpaired) electrons. The van der Waals surface area contributed by atoms with Crippen molar-refractivity contribution >= 4 is 23.8 Å². The van der Waals surface area contributed by atoms with Gasteiger partial charge in [0.15, 0.2) is 0 Å². The molecule has 0 saturated heterocycles. The molecule has 1 aromatic carbocycles. The fourth-order valence-corrected chi connectivity index (χ4v) is 10.6. The number of carboxylic acids is 1. The minimum Gasteiger partial charge on any atom is -0.478 e. The zero-order valence-corrected chi connectivity index (χ0v) is 24.0. The molecular weight excluding hydrogens is 478 g/mol. The molecule has 204 valence electrons. The normalized spacial score (nSPS) is 38.8. The summed E-state index contributed by atoms with van der Waals surface area (Å²) in [5.74, 6) is 4.59. The highest BCUT2D eigenvalue weighted by Crippen LogP contribution is 2.69. The van der Waals surface area contributed by atoms with Gasteiger partial charge in [0.25, 0.3) is 0 Å². The van der Waals surface area contributed by atoms with Crippen molar-refractivity contribution in [2.24, 2.45) is 46.3 Å². The molecule has 7 unspecified atom stereocenters. The van der Waals surface area contributed by atoms with Gasteiger partial charge >= 0.3 is 5.97 Å². The number of nitrogens with one attached hydrogen (secondary N) is 1. The molecule has 37 heavy (non-hydrogen) atoms. The Morgan fingerprint density at radius 2 is 1.73 bits per heavy atom. The van der Waals surface area contributed by atoms with Gasteiger partial charge in [0.2, 0.25) is 5.91 Å². The van der Waals surface area contributed by atoms with Crippen molar-refractivity contribution in [3.05, 3.63) is 29.8 Å². The molecular formula is C32H47NO3S. The van der Waals surface area contributed by atoms with Crippen LogP contribution in [-0.2, 0) is 4.79 Å². The van der Waals surface area contributed by atoms with Crippen molar-refractivity contribution in [2.45, 2.75) is 109 Å². The maximum absolute atomic E-state index is 12.5. The van der Waals surface area contributed by atoms with Crippen LogP contribution in [0.3, 0.4) is 0 Å². The molecule has 0 aliphatic heterocycles. The summed E-state index contributed by atoms with van der Waals surface area (Å²) in [5.41, 5.74) is 1.32. The van der Waals surface area contributed by atoms with E-state index in [0.29, 0.717) is 17.3 Å². The molecule has 2 N–H and O–H groups in total. The number of carboxylic acid groups (broad SMARTS) is 1. The predicted octanol–water partition coefficient (Wildman–Crippen LogP) is 8.36. The minimum atomic E-state index is -0.932. The van der Waals surface area contributed by atoms with E-state index >= 15 is 0 Å². The molecule has 4 fully saturated rings. The van der Waals surface area contributed by atoms with Crippen molar-refractivity contribution < 1.29 is 14.7 Å². The predicted molar refractivity (Wildman–Crippen MR) is 150 cm³/mol. The average Bonchev–Trinajstić information content (AvgIpc) is 3.23. The number of fused-ring (bicyclic) bond motifs is 5. The lowest BCUT2D eigenvalue weighted by Gasteiger charge is -2.62. The van der Waals surface area contributed by atoms with E-state index in [9.17, 15) is 9.59 Å². The van der Waals surface area contributed by atoms with E-state index < -0.39 is 5.97 Å². The third-order valence-electron chi connectivity index (χ3n) is 11.8. The van der Waals surface area contributed by atoms with Crippen LogP contribution in [0.5, 0.6) is 0 Å². The topological polar surface area (TPSA) is 66.4 Å². The van der Waals surface area contributed by atoms with E-state index in [1.54, 1.807) is 24.3 Å². The van der Waals surface area contributed by atoms with Gasteiger partial charge in [-0.3, -0.25) is 9.52 Å². The Kier molecular flexibility index (Phi) is 8.01. The largest absolute Gasteiger partial charge is 0.478 e. The van der Waals surface area contributed by atoms with Gasteiger partial charge in [0.05, 0.1) is 5.56 Å². The molecule has 5 rings (SSSR count). The summed E-state index contributed by atoms with van der Waals surface area (Å²) in [5, 5.41) is 9.03. The number of rotatable bonds is 8. The quantitative estimate of drug-likeness (QED) is 0.335. The standard InChI is InChI=1S/C32H47NO3S/c1-4-21-20-25-27-16-13-23(31(27,2)19-17-28(25)32(3)18-6-5-9-26(21)32)8-7-10-29(34)33-37-24-14-11-22(12-15-24)30(35)36/h11-12,14-15,21,23,25-28H,4-10,13,16-20H2,1-3H3,(H,33,34)(H,35,36)/t21-,23?,25?,26?,27?,28?,31?,32?/m0/s1. The van der Waals surface area contributed by atoms with E-state index in [0.717, 1.165) is 46.8 Å². The van der Waals surface area contributed by atoms with Gasteiger partial charge in [-0.1, -0.05) is 40.0 Å². The van der Waals surface area contributed by atoms with Gasteiger partial charge in [-0.25, -0.2) is 4.79 Å². The van der Waals surface area contributed by atoms with E-state index in [4.69, 9.17) is 5.11 Å². The summed E-state index contributed by atoms with van der Waals surface area (Å²) >= 11 is 1.28. The number of hydrogen-bond acceptors (Lipinski definition) is 3. The van der Waals surface area contributed by atoms with E-state index in [1.807, 2.05) is 0 Å². The Bertz CT molecular complexity index is 979. The van der Waals surface area contributed by atoms with Crippen LogP contribution >= 0.6 is 11.9 Å². The van der Waals surface area contributed by atoms with Crippen molar-refractivity contribution in [1.29, 1.82) is 0 Å². The average molecular weight is 526 g/mol. The highest BCUT2D eigenvalue weighted by Gasteiger charge is 2.60. The van der Waals surface area contributed by atoms with Crippen LogP contribution < -0.4 is 4.72 Å². The number of carbonyl (C=O) groups is 2. The number of amides is 1. The lowest BCUT2D eigenvalue weighted by molar-refractivity contribution is -0.136. The highest BCUT2D eigenvalue weighted by molar-refractivity contribution is 7.98. The van der Waals surface area contributed by atoms with Crippen LogP contribution in [0, 0.1) is 46.3 Å². The molecule has 4 saturated carbocycles. The van der Waals surface area contributed by atoms with Crippen LogP contribution in [0.15, 0.2) is 29.2 Å². The van der Waals surface area contributed by atoms with Crippen LogP contribution in [0.2, 0.25) is 0 Å². The zero-order valence-electron chi connectivity index (χ0n) is 23.1. The molecule has 0 heterocycles. The lowest BCUT2D eigenvalue weighted by atomic mass is 9.42. The minimum absolute atomic E-state index is 0.0741. The Labute approximate surface area is 228 Å². The second-order valence-corrected chi connectivity index (χ2v) is 14.2. The summed E-state index contributed by atoms with van der Waals surface area (Å²) in [7, 11) is 0. The molecule has 4 nitrogen and oxygen atoms in total. The van der Waals surface area contributed by atoms with Gasteiger partial charge < -0.3 is 5.11 Å². The molecule has 5 heteroatoms. The van der Waals surface area contributed by atoms with Crippen LogP contribution in [0.4, 0.5) is 0 Å². The molecule has 0 bridgehead atoms. The third kappa shape index (κ3) is 5.11. The highest BCUT2D eigenvalue weighted by atomic mass is 32.2. The maximum Gasteiger partial charge on any atom is 0.335 e. The van der Waals surface area contributed by atoms with Gasteiger partial charge in [0, 0.05) is 11.3 Å². The summed E-state index contributed by atoms with van der Waals surface area (Å²) < 4.78 is 2.95. The number of hydrogen-bond donors (Lipinski definition) is 2. The summed E-state index contributed by atoms with van der Waals surface area (Å²) in [6.07, 6.45) is 17.0. The Balaban J connectivity index is 1.14. The lowest BCUT2D eigenvalue weighted by Crippen LogP contribution is -2.55. The van der Waals surface area contributed by atoms with Crippen LogP contribution in [0.25, 0.3) is 0 Å². The van der Waals surface area contributed by atoms with E-state index in [1.165, 1.54) is 82.6 Å². The number of benzene rings is 1. The van der Waals surface area contributed by atoms with Crippen LogP contribution in [0.1, 0.15) is 115 Å². The first-order valence-electron chi connectivity index (χ1n) is 15.0. The fraction of sp³-hybridized carbons (Fsp3) is 0.750. The van der Waals surface area contributed by atoms with Crippen LogP contribution in [-0.4, -0.2) is 17.0 Å². The molecule has 0 spiro atoms. The summed E-state index contributed by atoms with van der Waals surface area (Å²) in [6.45, 7) is 7.77. The second-order valence-electron chi connectivity index (χ2n) is 13.3. The third-order valence-corrected chi connectivity index (χ3v) is 12.7. The first-order chi connectivity index (χ1) is 17.8. The van der Waals surface area contributed by atoms with E-state index in [-0.39, 0.29) is 11.5 Å². The molecule has 1 aromatic rings. The van der Waals surface area contributed by atoms with Gasteiger partial charge in [-0.15, -0.1) is 0 Å². The van der Waals surface area contributed by atoms with Crippen molar-refractivity contribution in [2.75, 3.05) is 0 Å². The second kappa shape index (κ2) is 10.9. The Morgan fingerprint density at radius 3 is 2.46 bits per heavy atom. The smallest absolute Gasteiger partial charge is 0.335 e. The molecule has 4 aliphatic rings. The zero-order chi connectivity index (χ0) is 26.2. The summed E-state index contributed by atoms with van der Waals surface area (Å²) in [6, 6.07) is 6.64.